The van der Waals surface area contributed by atoms with Crippen LogP contribution < -0.4 is 0 Å². The Morgan fingerprint density at radius 1 is 0.373 bits per heavy atom. The minimum absolute atomic E-state index is 0.00409. The second-order valence-electron chi connectivity index (χ2n) is 36.1. The number of thioether (sulfide) groups is 1. The number of aryl methyl sites for hydroxylation is 8. The first-order chi connectivity index (χ1) is 59.0. The number of hydrogen-bond donors (Lipinski definition) is 0. The van der Waals surface area contributed by atoms with Crippen molar-refractivity contribution in [2.75, 3.05) is 18.7 Å². The highest BCUT2D eigenvalue weighted by Gasteiger charge is 2.35. The van der Waals surface area contributed by atoms with Crippen molar-refractivity contribution in [1.82, 2.24) is 39.1 Å². The average Bonchev–Trinajstić information content (AvgIpc) is 1.61. The summed E-state index contributed by atoms with van der Waals surface area (Å²) >= 11 is 1.38. The predicted molar refractivity (Wildman–Crippen MR) is 491 cm³/mol. The number of halogens is 1. The summed E-state index contributed by atoms with van der Waals surface area (Å²) in [5.74, 6) is -0.452. The van der Waals surface area contributed by atoms with Crippen molar-refractivity contribution in [3.63, 3.8) is 0 Å². The zero-order valence-electron chi connectivity index (χ0n) is 79.1. The van der Waals surface area contributed by atoms with Crippen molar-refractivity contribution in [2.24, 2.45) is 40.0 Å². The smallest absolute Gasteiger partial charge is 0.340 e. The molecule has 0 amide bonds. The maximum Gasteiger partial charge on any atom is 0.340 e. The fourth-order valence-corrected chi connectivity index (χ4v) is 14.6. The number of nitriles is 4. The summed E-state index contributed by atoms with van der Waals surface area (Å²) in [4.78, 5) is 48.1. The number of nitrogens with zero attached hydrogens (tertiary/aromatic N) is 12. The number of alkyl halides is 1. The third-order valence-electron chi connectivity index (χ3n) is 22.0. The topological polar surface area (TPSA) is 309 Å². The molecule has 0 radical (unpaired) electrons. The normalized spacial score (nSPS) is 14.7. The highest BCUT2D eigenvalue weighted by atomic mass is 32.2. The second-order valence-corrected chi connectivity index (χ2v) is 36.9. The Hall–Kier alpha value is -12.0. The van der Waals surface area contributed by atoms with E-state index in [0.717, 1.165) is 106 Å². The third-order valence-corrected chi connectivity index (χ3v) is 22.5. The molecule has 10 rings (SSSR count). The van der Waals surface area contributed by atoms with Crippen LogP contribution in [0.2, 0.25) is 0 Å². The minimum Gasteiger partial charge on any atom is -0.451 e. The maximum absolute atomic E-state index is 12.7. The van der Waals surface area contributed by atoms with Crippen LogP contribution in [-0.4, -0.2) is 107 Å². The zero-order chi connectivity index (χ0) is 93.9. The van der Waals surface area contributed by atoms with Crippen LogP contribution in [0.15, 0.2) is 97.1 Å². The zero-order valence-corrected chi connectivity index (χ0v) is 79.9. The average molecular weight is 1740 g/mol. The van der Waals surface area contributed by atoms with E-state index in [2.05, 4.69) is 128 Å². The van der Waals surface area contributed by atoms with E-state index >= 15 is 0 Å². The van der Waals surface area contributed by atoms with Crippen molar-refractivity contribution in [2.45, 2.75) is 258 Å². The summed E-state index contributed by atoms with van der Waals surface area (Å²) in [6, 6.07) is 40.6. The summed E-state index contributed by atoms with van der Waals surface area (Å²) < 4.78 is 65.0. The number of benzene rings is 4. The third kappa shape index (κ3) is 26.5. The van der Waals surface area contributed by atoms with Crippen molar-refractivity contribution in [3.8, 4) is 24.3 Å². The van der Waals surface area contributed by atoms with Gasteiger partial charge in [-0.25, -0.2) is 9.18 Å². The van der Waals surface area contributed by atoms with Crippen molar-refractivity contribution >= 4 is 81.0 Å². The van der Waals surface area contributed by atoms with Gasteiger partial charge in [-0.2, -0.15) is 53.2 Å². The van der Waals surface area contributed by atoms with E-state index in [9.17, 15) is 44.6 Å². The molecule has 4 atom stereocenters. The molecule has 24 nitrogen and oxygen atoms in total. The van der Waals surface area contributed by atoms with Gasteiger partial charge in [0.25, 0.3) is 0 Å². The molecule has 126 heavy (non-hydrogen) atoms. The van der Waals surface area contributed by atoms with E-state index in [1.807, 2.05) is 173 Å². The number of rotatable bonds is 25. The molecule has 4 unspecified atom stereocenters. The van der Waals surface area contributed by atoms with Gasteiger partial charge >= 0.3 is 23.9 Å². The van der Waals surface area contributed by atoms with Crippen LogP contribution in [0, 0.1) is 113 Å². The van der Waals surface area contributed by atoms with Crippen LogP contribution >= 0.6 is 11.8 Å². The number of allylic oxidation sites excluding steroid dienone is 4. The van der Waals surface area contributed by atoms with Crippen LogP contribution in [0.25, 0.3) is 45.3 Å². The molecule has 2 saturated carbocycles. The van der Waals surface area contributed by atoms with E-state index in [-0.39, 0.29) is 68.5 Å². The Bertz CT molecular complexity index is 5500. The summed E-state index contributed by atoms with van der Waals surface area (Å²) in [6.07, 6.45) is 4.93. The molecular weight excluding hydrogens is 1610 g/mol. The maximum atomic E-state index is 12.7. The molecule has 8 aromatic rings. The molecule has 26 heteroatoms. The van der Waals surface area contributed by atoms with Crippen LogP contribution in [-0.2, 0) is 107 Å². The number of aromatic nitrogens is 8. The largest absolute Gasteiger partial charge is 0.451 e. The van der Waals surface area contributed by atoms with Crippen molar-refractivity contribution in [3.05, 3.63) is 209 Å². The first-order valence-corrected chi connectivity index (χ1v) is 44.0. The molecular formula is C100H127FN12O12S. The van der Waals surface area contributed by atoms with E-state index < -0.39 is 37.8 Å². The van der Waals surface area contributed by atoms with Gasteiger partial charge in [0.15, 0.2) is 29.7 Å². The summed E-state index contributed by atoms with van der Waals surface area (Å²) in [5, 5.41) is 58.2. The molecule has 2 aliphatic carbocycles. The van der Waals surface area contributed by atoms with Gasteiger partial charge in [-0.1, -0.05) is 199 Å². The van der Waals surface area contributed by atoms with Gasteiger partial charge in [0.05, 0.1) is 40.4 Å². The predicted octanol–water partition coefficient (Wildman–Crippen LogP) is 20.9. The highest BCUT2D eigenvalue weighted by molar-refractivity contribution is 7.99. The van der Waals surface area contributed by atoms with Gasteiger partial charge in [0.1, 0.15) is 69.3 Å². The van der Waals surface area contributed by atoms with Gasteiger partial charge < -0.3 is 37.9 Å². The summed E-state index contributed by atoms with van der Waals surface area (Å²) in [6.45, 7) is 46.2. The van der Waals surface area contributed by atoms with E-state index in [1.54, 1.807) is 53.6 Å². The van der Waals surface area contributed by atoms with Crippen LogP contribution in [0.3, 0.4) is 0 Å². The number of carbonyl (C=O) groups is 4. The summed E-state index contributed by atoms with van der Waals surface area (Å²) in [7, 11) is 7.20. The van der Waals surface area contributed by atoms with Crippen LogP contribution in [0.4, 0.5) is 4.39 Å². The molecule has 4 heterocycles. The Labute approximate surface area is 748 Å². The lowest BCUT2D eigenvalue weighted by Gasteiger charge is -2.24. The molecule has 672 valence electrons. The molecule has 2 aliphatic rings. The first-order valence-electron chi connectivity index (χ1n) is 42.6. The van der Waals surface area contributed by atoms with Gasteiger partial charge in [-0.15, -0.1) is 0 Å². The summed E-state index contributed by atoms with van der Waals surface area (Å²) in [5.41, 5.74) is 18.5. The number of esters is 4. The highest BCUT2D eigenvalue weighted by Crippen LogP contribution is 2.40. The van der Waals surface area contributed by atoms with E-state index in [1.165, 1.54) is 41.8 Å². The van der Waals surface area contributed by atoms with Crippen molar-refractivity contribution < 1.29 is 61.5 Å². The van der Waals surface area contributed by atoms with Crippen LogP contribution in [0.5, 0.6) is 0 Å². The van der Waals surface area contributed by atoms with E-state index in [4.69, 9.17) is 37.9 Å². The Morgan fingerprint density at radius 3 is 0.786 bits per heavy atom. The van der Waals surface area contributed by atoms with Gasteiger partial charge in [0.2, 0.25) is 25.2 Å². The molecule has 2 fully saturated rings. The van der Waals surface area contributed by atoms with Crippen molar-refractivity contribution in [1.29, 1.82) is 21.0 Å². The Kier molecular flexibility index (Phi) is 35.1. The number of ether oxygens (including phenoxy) is 8. The minimum atomic E-state index is -1.25. The number of hydrogen-bond acceptors (Lipinski definition) is 21. The van der Waals surface area contributed by atoms with Gasteiger partial charge in [-0.05, 0) is 153 Å². The molecule has 0 bridgehead atoms. The molecule has 0 aliphatic heterocycles. The number of carbonyl (C=O) groups excluding carboxylic acids is 4. The fourth-order valence-electron chi connectivity index (χ4n) is 14.3. The van der Waals surface area contributed by atoms with Gasteiger partial charge in [0, 0.05) is 78.1 Å². The lowest BCUT2D eigenvalue weighted by molar-refractivity contribution is -0.170. The first kappa shape index (κ1) is 101. The van der Waals surface area contributed by atoms with Crippen LogP contribution in [0.1, 0.15) is 268 Å². The Balaban J connectivity index is 0.000000231. The molecule has 0 saturated heterocycles. The lowest BCUT2D eigenvalue weighted by atomic mass is 9.86. The monoisotopic (exact) mass is 1740 g/mol. The SMILES string of the molecule is CSCC(=O)OC(C)O/C(=C(/C#N)c1ccc(C(C)(C)C)cc1)c1c(C)c(C)nn1C.Cc1nn(C)c(/C(OC(C)OC(=O)C2CC2)=C(\C#N)c2ccc(C(C)(C)C)cc2)c1C.Cc1nn(C)c(/C(OC(C)OC(=O)C2CCCCC2)=C(\C#N)c2ccc(C(C)(C)C)cc2)c1C.Cc1nn(C)c(/C(OC(C)OC(=O)CF)=C(\C#N)c2ccc(C(C)(C)C)cc2)c1C. The standard InChI is InChI=1S/C28H37N3O3.C25H31N3O3.C24H31N3O3S.C23H28FN3O3/c1-18-19(2)30-31(7)25(18)26(33-20(3)34-27(32)22-11-9-8-10-12-22)24(17-29)21-13-15-23(16-14-21)28(4,5)6;1-15-16(2)27-28(7)22(15)23(30-17(3)31-24(29)19-8-9-19)21(14-26)18-10-12-20(13-11-18)25(4,5)6;1-15-16(2)26-27(7)22(15)23(30-17(3)29-21(28)14-31-8)20(13-25)18-9-11-19(12-10-18)24(4,5)6;1-14-15(2)26-27(7)21(14)22(30-16(3)29-20(28)12-24)19(13-25)17-8-10-18(11-9-17)23(4,5)6/h13-16,20,22H,8-12H2,1-7H3;10-13,17,19H,8-9H2,1-7H3;9-12,17H,14H2,1-8H3;8-11,16H,12H2,1-7H3/b26-24-;23-21-;23-20-;22-19-. The molecule has 0 spiro atoms. The quantitative estimate of drug-likeness (QED) is 0.0169. The fraction of sp³-hybridized carbons (Fsp3) is 0.480. The molecule has 4 aromatic heterocycles. The Morgan fingerprint density at radius 2 is 0.595 bits per heavy atom. The molecule has 4 aromatic carbocycles. The second kappa shape index (κ2) is 43.7. The lowest BCUT2D eigenvalue weighted by Crippen LogP contribution is -2.26. The van der Waals surface area contributed by atoms with Gasteiger partial charge in [-0.3, -0.25) is 33.1 Å². The van der Waals surface area contributed by atoms with E-state index in [0.29, 0.717) is 62.3 Å². The molecule has 0 N–H and O–H groups in total.